The van der Waals surface area contributed by atoms with Crippen molar-refractivity contribution in [3.8, 4) is 0 Å². The van der Waals surface area contributed by atoms with Crippen LogP contribution in [0.5, 0.6) is 0 Å². The summed E-state index contributed by atoms with van der Waals surface area (Å²) in [5.41, 5.74) is 0. The minimum Gasteiger partial charge on any atom is -0.756 e. The molecule has 0 heterocycles. The van der Waals surface area contributed by atoms with Crippen molar-refractivity contribution in [2.24, 2.45) is 0 Å². The highest BCUT2D eigenvalue weighted by Gasteiger charge is 2.23. The molecule has 0 rings (SSSR count). The summed E-state index contributed by atoms with van der Waals surface area (Å²) in [5, 5.41) is 0. The maximum Gasteiger partial charge on any atom is 0.308 e. The van der Waals surface area contributed by atoms with Crippen LogP contribution in [0, 0.1) is 0 Å². The monoisotopic (exact) mass is 776 g/mol. The zero-order chi connectivity index (χ0) is 39.3. The number of hydrogen-bond donors (Lipinski definition) is 0. The third-order valence-electron chi connectivity index (χ3n) is 9.87. The van der Waals surface area contributed by atoms with Crippen LogP contribution in [0.25, 0.3) is 0 Å². The molecule has 0 saturated heterocycles. The number of quaternary nitrogens is 1. The maximum atomic E-state index is 12.6. The molecule has 0 aliphatic carbocycles. The molecule has 0 amide bonds. The highest BCUT2D eigenvalue weighted by molar-refractivity contribution is 7.45. The van der Waals surface area contributed by atoms with Gasteiger partial charge in [0.15, 0.2) is 0 Å². The lowest BCUT2D eigenvalue weighted by Gasteiger charge is -2.28. The van der Waals surface area contributed by atoms with Crippen molar-refractivity contribution in [1.29, 1.82) is 0 Å². The van der Waals surface area contributed by atoms with E-state index in [2.05, 4.69) is 13.8 Å². The average Bonchev–Trinajstić information content (AvgIpc) is 3.10. The van der Waals surface area contributed by atoms with Crippen molar-refractivity contribution in [2.45, 2.75) is 226 Å². The number of hydrogen-bond acceptors (Lipinski definition) is 8. The highest BCUT2D eigenvalue weighted by Crippen LogP contribution is 2.38. The number of rotatable bonds is 41. The first-order valence-corrected chi connectivity index (χ1v) is 23.7. The van der Waals surface area contributed by atoms with E-state index in [1.54, 1.807) is 0 Å². The van der Waals surface area contributed by atoms with Crippen LogP contribution in [0.15, 0.2) is 0 Å². The molecule has 0 aliphatic rings. The van der Waals surface area contributed by atoms with Gasteiger partial charge < -0.3 is 27.9 Å². The number of nitrogens with zero attached hydrogens (tertiary/aromatic N) is 1. The maximum absolute atomic E-state index is 12.6. The summed E-state index contributed by atoms with van der Waals surface area (Å²) >= 11 is 0. The SMILES string of the molecule is CCCCCCCCCCCCCCCCCC(=O)OC(COP(=O)([O-])OCC[N+](C)(C)C)OC(=O)CCCCCCCCCCCCCCCCC. The third kappa shape index (κ3) is 40.5. The number of carbonyl (C=O) groups excluding carboxylic acids is 2. The van der Waals surface area contributed by atoms with Gasteiger partial charge in [0.05, 0.1) is 21.1 Å². The number of phosphoric acid groups is 1. The summed E-state index contributed by atoms with van der Waals surface area (Å²) in [6.07, 6.45) is 35.9. The Balaban J connectivity index is 4.32. The van der Waals surface area contributed by atoms with Gasteiger partial charge >= 0.3 is 11.9 Å². The Labute approximate surface area is 327 Å². The zero-order valence-electron chi connectivity index (χ0n) is 35.5. The molecule has 1 atom stereocenters. The zero-order valence-corrected chi connectivity index (χ0v) is 36.4. The first-order valence-electron chi connectivity index (χ1n) is 22.3. The smallest absolute Gasteiger partial charge is 0.308 e. The van der Waals surface area contributed by atoms with E-state index in [1.807, 2.05) is 21.1 Å². The van der Waals surface area contributed by atoms with E-state index in [-0.39, 0.29) is 19.4 Å². The molecule has 0 spiro atoms. The van der Waals surface area contributed by atoms with Crippen LogP contribution in [0.4, 0.5) is 0 Å². The lowest BCUT2D eigenvalue weighted by molar-refractivity contribution is -0.870. The molecule has 0 saturated carbocycles. The molecular weight excluding hydrogens is 689 g/mol. The highest BCUT2D eigenvalue weighted by atomic mass is 31.2. The fourth-order valence-electron chi connectivity index (χ4n) is 6.40. The Hall–Kier alpha value is -0.990. The van der Waals surface area contributed by atoms with Gasteiger partial charge in [-0.2, -0.15) is 0 Å². The summed E-state index contributed by atoms with van der Waals surface area (Å²) < 4.78 is 33.6. The van der Waals surface area contributed by atoms with Crippen LogP contribution in [-0.4, -0.2) is 63.6 Å². The number of likely N-dealkylation sites (N-methyl/N-ethyl adjacent to an activating group) is 1. The first kappa shape index (κ1) is 52.0. The number of esters is 2. The molecule has 0 bridgehead atoms. The molecule has 1 unspecified atom stereocenters. The van der Waals surface area contributed by atoms with E-state index in [9.17, 15) is 19.0 Å². The molecule has 0 aliphatic heterocycles. The van der Waals surface area contributed by atoms with E-state index in [0.29, 0.717) is 23.9 Å². The summed E-state index contributed by atoms with van der Waals surface area (Å²) in [7, 11) is 1.10. The summed E-state index contributed by atoms with van der Waals surface area (Å²) in [6, 6.07) is 0. The van der Waals surface area contributed by atoms with Crippen molar-refractivity contribution in [2.75, 3.05) is 40.9 Å². The fraction of sp³-hybridized carbons (Fsp3) is 0.953. The minimum absolute atomic E-state index is 0.0487. The van der Waals surface area contributed by atoms with Crippen LogP contribution in [0.2, 0.25) is 0 Å². The predicted octanol–water partition coefficient (Wildman–Crippen LogP) is 12.1. The van der Waals surface area contributed by atoms with Crippen molar-refractivity contribution >= 4 is 19.8 Å². The largest absolute Gasteiger partial charge is 0.756 e. The molecule has 53 heavy (non-hydrogen) atoms. The molecule has 0 aromatic carbocycles. The number of ether oxygens (including phenoxy) is 2. The predicted molar refractivity (Wildman–Crippen MR) is 217 cm³/mol. The van der Waals surface area contributed by atoms with Gasteiger partial charge in [0.1, 0.15) is 19.8 Å². The molecule has 0 fully saturated rings. The lowest BCUT2D eigenvalue weighted by atomic mass is 10.0. The number of carbonyl (C=O) groups is 2. The Kier molecular flexibility index (Phi) is 36.0. The van der Waals surface area contributed by atoms with Gasteiger partial charge in [0, 0.05) is 12.8 Å². The van der Waals surface area contributed by atoms with Crippen LogP contribution in [-0.2, 0) is 32.7 Å². The molecular formula is C43H86NO8P. The van der Waals surface area contributed by atoms with Crippen molar-refractivity contribution < 1.29 is 42.1 Å². The van der Waals surface area contributed by atoms with E-state index in [1.165, 1.54) is 141 Å². The number of unbranched alkanes of at least 4 members (excludes halogenated alkanes) is 28. The second kappa shape index (κ2) is 36.6. The molecule has 9 nitrogen and oxygen atoms in total. The first-order chi connectivity index (χ1) is 25.5. The van der Waals surface area contributed by atoms with Gasteiger partial charge in [-0.25, -0.2) is 0 Å². The molecule has 10 heteroatoms. The van der Waals surface area contributed by atoms with Crippen LogP contribution in [0.1, 0.15) is 219 Å². The minimum atomic E-state index is -4.67. The normalized spacial score (nSPS) is 13.0. The molecule has 0 aromatic heterocycles. The summed E-state index contributed by atoms with van der Waals surface area (Å²) in [6.45, 7) is 4.30. The number of phosphoric ester groups is 1. The van der Waals surface area contributed by atoms with Gasteiger partial charge in [-0.15, -0.1) is 0 Å². The molecule has 316 valence electrons. The van der Waals surface area contributed by atoms with Gasteiger partial charge in [0.2, 0.25) is 0 Å². The van der Waals surface area contributed by atoms with Crippen molar-refractivity contribution in [3.63, 3.8) is 0 Å². The van der Waals surface area contributed by atoms with Crippen molar-refractivity contribution in [3.05, 3.63) is 0 Å². The van der Waals surface area contributed by atoms with E-state index in [4.69, 9.17) is 18.5 Å². The van der Waals surface area contributed by atoms with Crippen LogP contribution >= 0.6 is 7.82 Å². The average molecular weight is 776 g/mol. The summed E-state index contributed by atoms with van der Waals surface area (Å²) in [5.74, 6) is -1.06. The summed E-state index contributed by atoms with van der Waals surface area (Å²) in [4.78, 5) is 37.6. The van der Waals surface area contributed by atoms with E-state index < -0.39 is 32.7 Å². The molecule has 0 radical (unpaired) electrons. The quantitative estimate of drug-likeness (QED) is 0.0198. The van der Waals surface area contributed by atoms with Crippen LogP contribution in [0.3, 0.4) is 0 Å². The second-order valence-electron chi connectivity index (χ2n) is 16.4. The Morgan fingerprint density at radius 1 is 0.491 bits per heavy atom. The Morgan fingerprint density at radius 2 is 0.774 bits per heavy atom. The molecule has 0 N–H and O–H groups in total. The molecule has 0 aromatic rings. The van der Waals surface area contributed by atoms with Gasteiger partial charge in [-0.05, 0) is 12.8 Å². The van der Waals surface area contributed by atoms with Gasteiger partial charge in [-0.1, -0.05) is 194 Å². The standard InChI is InChI=1S/C43H86NO8P/c1-6-8-10-12-14-16-18-20-22-24-26-28-30-32-34-36-41(45)51-43(40-50-53(47,48)49-39-38-44(3,4)5)52-42(46)37-35-33-31-29-27-25-23-21-19-17-15-13-11-9-7-2/h43H,6-40H2,1-5H3. The third-order valence-corrected chi connectivity index (χ3v) is 10.8. The van der Waals surface area contributed by atoms with E-state index in [0.717, 1.165) is 38.5 Å². The van der Waals surface area contributed by atoms with Crippen molar-refractivity contribution in [1.82, 2.24) is 0 Å². The van der Waals surface area contributed by atoms with Crippen LogP contribution < -0.4 is 4.89 Å². The van der Waals surface area contributed by atoms with Gasteiger partial charge in [-0.3, -0.25) is 14.2 Å². The fourth-order valence-corrected chi connectivity index (χ4v) is 7.08. The van der Waals surface area contributed by atoms with Gasteiger partial charge in [0.25, 0.3) is 14.1 Å². The Morgan fingerprint density at radius 3 is 1.06 bits per heavy atom. The van der Waals surface area contributed by atoms with E-state index >= 15 is 0 Å². The topological polar surface area (TPSA) is 111 Å². The second-order valence-corrected chi connectivity index (χ2v) is 17.8. The Bertz CT molecular complexity index is 833. The lowest BCUT2D eigenvalue weighted by Crippen LogP contribution is -2.37.